The van der Waals surface area contributed by atoms with Crippen molar-refractivity contribution in [1.29, 1.82) is 0 Å². The first kappa shape index (κ1) is 35.1. The first-order valence-electron chi connectivity index (χ1n) is 14.6. The van der Waals surface area contributed by atoms with Crippen molar-refractivity contribution in [2.45, 2.75) is 77.0 Å². The Labute approximate surface area is 245 Å². The van der Waals surface area contributed by atoms with Crippen LogP contribution in [0.5, 0.6) is 0 Å². The van der Waals surface area contributed by atoms with Crippen molar-refractivity contribution in [2.75, 3.05) is 19.6 Å². The molecule has 0 saturated heterocycles. The van der Waals surface area contributed by atoms with E-state index in [1.807, 2.05) is 60.7 Å². The maximum Gasteiger partial charge on any atom is 0.303 e. The molecule has 4 N–H and O–H groups in total. The summed E-state index contributed by atoms with van der Waals surface area (Å²) in [6.07, 6.45) is 10.0. The maximum atomic E-state index is 11.7. The third-order valence-corrected chi connectivity index (χ3v) is 6.20. The molecule has 0 aliphatic heterocycles. The van der Waals surface area contributed by atoms with Crippen LogP contribution in [0.4, 0.5) is 0 Å². The molecular formula is C33H47N3O5. The quantitative estimate of drug-likeness (QED) is 0.133. The number of carboxylic acids is 1. The van der Waals surface area contributed by atoms with Crippen molar-refractivity contribution in [3.05, 3.63) is 84.4 Å². The van der Waals surface area contributed by atoms with Crippen molar-refractivity contribution < 1.29 is 24.3 Å². The number of aliphatic carboxylic acids is 1. The number of carboxylic acid groups (broad SMARTS) is 1. The van der Waals surface area contributed by atoms with Crippen LogP contribution in [0.15, 0.2) is 73.3 Å². The summed E-state index contributed by atoms with van der Waals surface area (Å²) in [6, 6.07) is 19.9. The molecule has 0 heterocycles. The molecule has 224 valence electrons. The zero-order valence-electron chi connectivity index (χ0n) is 24.2. The summed E-state index contributed by atoms with van der Waals surface area (Å²) in [5, 5.41) is 17.0. The van der Waals surface area contributed by atoms with Gasteiger partial charge in [-0.1, -0.05) is 79.6 Å². The lowest BCUT2D eigenvalue weighted by Crippen LogP contribution is -2.25. The molecule has 0 radical (unpaired) electrons. The standard InChI is InChI=1S/C18H26N2O2.C15H21NO3/c1-2-14-19-17(21)11-7-4-8-15-20-18(22)13-12-16-9-5-3-6-10-16;17-14(11-10-13-7-3-1-4-8-13)16-12-6-2-5-9-15(18)19/h2-3,5-6,9-10H,1,4,7-8,11-15H2,(H,19,21)(H,20,22);1,3-4,7-8H,2,5-6,9-12H2,(H,16,17)(H,18,19). The Balaban J connectivity index is 0.000000414. The molecule has 0 bridgehead atoms. The molecule has 2 aromatic carbocycles. The zero-order chi connectivity index (χ0) is 30.0. The minimum Gasteiger partial charge on any atom is -0.481 e. The van der Waals surface area contributed by atoms with Gasteiger partial charge in [-0.25, -0.2) is 0 Å². The summed E-state index contributed by atoms with van der Waals surface area (Å²) < 4.78 is 0. The van der Waals surface area contributed by atoms with Crippen molar-refractivity contribution in [3.63, 3.8) is 0 Å². The van der Waals surface area contributed by atoms with Gasteiger partial charge in [-0.2, -0.15) is 0 Å². The van der Waals surface area contributed by atoms with Crippen molar-refractivity contribution in [3.8, 4) is 0 Å². The molecule has 0 unspecified atom stereocenters. The topological polar surface area (TPSA) is 125 Å². The van der Waals surface area contributed by atoms with Gasteiger partial charge in [0.2, 0.25) is 17.7 Å². The minimum atomic E-state index is -0.758. The third-order valence-electron chi connectivity index (χ3n) is 6.20. The van der Waals surface area contributed by atoms with Crippen LogP contribution in [0.25, 0.3) is 0 Å². The second-order valence-electron chi connectivity index (χ2n) is 9.78. The van der Waals surface area contributed by atoms with Gasteiger partial charge in [-0.05, 0) is 49.7 Å². The van der Waals surface area contributed by atoms with E-state index in [1.54, 1.807) is 6.08 Å². The van der Waals surface area contributed by atoms with E-state index in [1.165, 1.54) is 11.1 Å². The van der Waals surface area contributed by atoms with Gasteiger partial charge in [0.1, 0.15) is 0 Å². The van der Waals surface area contributed by atoms with Crippen molar-refractivity contribution in [2.24, 2.45) is 0 Å². The van der Waals surface area contributed by atoms with Gasteiger partial charge in [0.05, 0.1) is 0 Å². The summed E-state index contributed by atoms with van der Waals surface area (Å²) in [4.78, 5) is 44.9. The predicted molar refractivity (Wildman–Crippen MR) is 163 cm³/mol. The number of unbranched alkanes of at least 4 members (excludes halogenated alkanes) is 4. The number of hydrogen-bond donors (Lipinski definition) is 4. The largest absolute Gasteiger partial charge is 0.481 e. The number of rotatable bonds is 20. The normalized spacial score (nSPS) is 10.0. The molecule has 0 aliphatic rings. The first-order chi connectivity index (χ1) is 19.9. The number of aryl methyl sites for hydroxylation is 2. The van der Waals surface area contributed by atoms with E-state index in [0.29, 0.717) is 45.3 Å². The predicted octanol–water partition coefficient (Wildman–Crippen LogP) is 4.98. The highest BCUT2D eigenvalue weighted by Crippen LogP contribution is 2.04. The highest BCUT2D eigenvalue weighted by atomic mass is 16.4. The second kappa shape index (κ2) is 23.9. The maximum absolute atomic E-state index is 11.7. The van der Waals surface area contributed by atoms with Crippen LogP contribution in [0.3, 0.4) is 0 Å². The highest BCUT2D eigenvalue weighted by Gasteiger charge is 2.03. The molecule has 0 aliphatic carbocycles. The summed E-state index contributed by atoms with van der Waals surface area (Å²) in [6.45, 7) is 5.39. The Bertz CT molecular complexity index is 1010. The van der Waals surface area contributed by atoms with E-state index in [4.69, 9.17) is 5.11 Å². The van der Waals surface area contributed by atoms with Gasteiger partial charge >= 0.3 is 5.97 Å². The first-order valence-corrected chi connectivity index (χ1v) is 14.6. The Morgan fingerprint density at radius 3 is 1.46 bits per heavy atom. The summed E-state index contributed by atoms with van der Waals surface area (Å²) >= 11 is 0. The molecule has 0 aromatic heterocycles. The number of benzene rings is 2. The number of amides is 3. The fourth-order valence-corrected chi connectivity index (χ4v) is 3.88. The van der Waals surface area contributed by atoms with Gasteiger partial charge in [-0.3, -0.25) is 19.2 Å². The third kappa shape index (κ3) is 21.5. The van der Waals surface area contributed by atoms with Crippen LogP contribution >= 0.6 is 0 Å². The van der Waals surface area contributed by atoms with Gasteiger partial charge in [0.15, 0.2) is 0 Å². The molecule has 2 rings (SSSR count). The number of nitrogens with one attached hydrogen (secondary N) is 3. The van der Waals surface area contributed by atoms with Crippen LogP contribution in [0.2, 0.25) is 0 Å². The average molecular weight is 566 g/mol. The molecule has 2 aromatic rings. The van der Waals surface area contributed by atoms with Gasteiger partial charge < -0.3 is 21.1 Å². The molecule has 0 fully saturated rings. The number of hydrogen-bond acceptors (Lipinski definition) is 4. The summed E-state index contributed by atoms with van der Waals surface area (Å²) in [7, 11) is 0. The van der Waals surface area contributed by atoms with E-state index in [2.05, 4.69) is 22.5 Å². The minimum absolute atomic E-state index is 0.0575. The summed E-state index contributed by atoms with van der Waals surface area (Å²) in [5.41, 5.74) is 2.35. The number of carbonyl (C=O) groups excluding carboxylic acids is 3. The van der Waals surface area contributed by atoms with E-state index in [0.717, 1.165) is 44.9 Å². The van der Waals surface area contributed by atoms with E-state index < -0.39 is 5.97 Å². The molecule has 8 nitrogen and oxygen atoms in total. The van der Waals surface area contributed by atoms with Crippen molar-refractivity contribution in [1.82, 2.24) is 16.0 Å². The Hall–Kier alpha value is -3.94. The lowest BCUT2D eigenvalue weighted by molar-refractivity contribution is -0.137. The molecular weight excluding hydrogens is 518 g/mol. The smallest absolute Gasteiger partial charge is 0.303 e. The van der Waals surface area contributed by atoms with Crippen LogP contribution < -0.4 is 16.0 Å². The fourth-order valence-electron chi connectivity index (χ4n) is 3.88. The molecule has 8 heteroatoms. The number of carbonyl (C=O) groups is 4. The molecule has 41 heavy (non-hydrogen) atoms. The molecule has 0 atom stereocenters. The average Bonchev–Trinajstić information content (AvgIpc) is 2.98. The molecule has 0 spiro atoms. The van der Waals surface area contributed by atoms with E-state index >= 15 is 0 Å². The Morgan fingerprint density at radius 1 is 0.585 bits per heavy atom. The van der Waals surface area contributed by atoms with Crippen LogP contribution in [0, 0.1) is 0 Å². The van der Waals surface area contributed by atoms with Gasteiger partial charge in [-0.15, -0.1) is 6.58 Å². The molecule has 0 saturated carbocycles. The van der Waals surface area contributed by atoms with Crippen LogP contribution in [-0.2, 0) is 32.0 Å². The lowest BCUT2D eigenvalue weighted by atomic mass is 10.1. The van der Waals surface area contributed by atoms with E-state index in [9.17, 15) is 19.2 Å². The zero-order valence-corrected chi connectivity index (χ0v) is 24.2. The van der Waals surface area contributed by atoms with Gasteiger partial charge in [0.25, 0.3) is 0 Å². The highest BCUT2D eigenvalue weighted by molar-refractivity contribution is 5.76. The lowest BCUT2D eigenvalue weighted by Gasteiger charge is -2.06. The molecule has 3 amide bonds. The SMILES string of the molecule is C=CCNC(=O)CCCCCNC(=O)CCc1ccccc1.O=C(O)CCCCCNC(=O)CCc1ccccc1. The van der Waals surface area contributed by atoms with E-state index in [-0.39, 0.29) is 24.1 Å². The van der Waals surface area contributed by atoms with Crippen LogP contribution in [-0.4, -0.2) is 48.4 Å². The second-order valence-corrected chi connectivity index (χ2v) is 9.78. The van der Waals surface area contributed by atoms with Crippen LogP contribution in [0.1, 0.15) is 75.3 Å². The summed E-state index contributed by atoms with van der Waals surface area (Å²) in [5.74, 6) is -0.548. The van der Waals surface area contributed by atoms with Gasteiger partial charge in [0, 0.05) is 45.3 Å². The Morgan fingerprint density at radius 2 is 1.02 bits per heavy atom. The van der Waals surface area contributed by atoms with Crippen molar-refractivity contribution >= 4 is 23.7 Å². The Kier molecular flexibility index (Phi) is 20.5. The fraction of sp³-hybridized carbons (Fsp3) is 0.455. The monoisotopic (exact) mass is 565 g/mol.